The van der Waals surface area contributed by atoms with Gasteiger partial charge in [-0.1, -0.05) is 13.8 Å². The van der Waals surface area contributed by atoms with Crippen LogP contribution in [0, 0.1) is 5.92 Å². The lowest BCUT2D eigenvalue weighted by atomic mass is 10.2. The molecule has 0 unspecified atom stereocenters. The fraction of sp³-hybridized carbons (Fsp3) is 0.667. The third-order valence-electron chi connectivity index (χ3n) is 1.78. The van der Waals surface area contributed by atoms with E-state index in [0.717, 1.165) is 18.0 Å². The van der Waals surface area contributed by atoms with E-state index in [1.54, 1.807) is 6.20 Å². The highest BCUT2D eigenvalue weighted by Crippen LogP contribution is 2.14. The van der Waals surface area contributed by atoms with Crippen LogP contribution < -0.4 is 10.5 Å². The van der Waals surface area contributed by atoms with E-state index in [-0.39, 0.29) is 5.75 Å². The highest BCUT2D eigenvalue weighted by atomic mass is 32.2. The summed E-state index contributed by atoms with van der Waals surface area (Å²) in [6.45, 7) is 5.92. The van der Waals surface area contributed by atoms with Gasteiger partial charge >= 0.3 is 0 Å². The van der Waals surface area contributed by atoms with Crippen molar-refractivity contribution >= 4 is 21.4 Å². The molecule has 1 aromatic rings. The highest BCUT2D eigenvalue weighted by molar-refractivity contribution is 7.88. The number of hydrogen-bond acceptors (Lipinski definition) is 5. The monoisotopic (exact) mass is 263 g/mol. The molecule has 0 atom stereocenters. The Balaban J connectivity index is 2.46. The molecule has 1 heterocycles. The van der Waals surface area contributed by atoms with Gasteiger partial charge < -0.3 is 5.32 Å². The normalized spacial score (nSPS) is 12.2. The van der Waals surface area contributed by atoms with E-state index in [4.69, 9.17) is 5.14 Å². The zero-order valence-corrected chi connectivity index (χ0v) is 11.1. The van der Waals surface area contributed by atoms with E-state index in [1.807, 2.05) is 0 Å². The lowest BCUT2D eigenvalue weighted by Gasteiger charge is -2.04. The summed E-state index contributed by atoms with van der Waals surface area (Å²) >= 11 is 1.38. The number of nitrogens with one attached hydrogen (secondary N) is 1. The molecule has 0 aliphatic heterocycles. The molecule has 3 N–H and O–H groups in total. The molecule has 0 aliphatic rings. The van der Waals surface area contributed by atoms with E-state index in [0.29, 0.717) is 10.9 Å². The van der Waals surface area contributed by atoms with Crippen LogP contribution in [0.25, 0.3) is 0 Å². The molecule has 0 saturated heterocycles. The maximum Gasteiger partial charge on any atom is 0.215 e. The second-order valence-electron chi connectivity index (χ2n) is 4.05. The van der Waals surface area contributed by atoms with E-state index in [2.05, 4.69) is 24.1 Å². The van der Waals surface area contributed by atoms with Gasteiger partial charge in [-0.25, -0.2) is 18.5 Å². The fourth-order valence-electron chi connectivity index (χ4n) is 1.15. The van der Waals surface area contributed by atoms with Gasteiger partial charge in [0.2, 0.25) is 10.0 Å². The third-order valence-corrected chi connectivity index (χ3v) is 3.63. The molecule has 0 amide bonds. The van der Waals surface area contributed by atoms with Crippen LogP contribution in [0.15, 0.2) is 6.20 Å². The molecule has 0 radical (unpaired) electrons. The minimum absolute atomic E-state index is 0.179. The Morgan fingerprint density at radius 2 is 2.25 bits per heavy atom. The molecule has 92 valence electrons. The Morgan fingerprint density at radius 3 is 2.81 bits per heavy atom. The van der Waals surface area contributed by atoms with Gasteiger partial charge in [0.15, 0.2) is 0 Å². The van der Waals surface area contributed by atoms with Gasteiger partial charge in [0, 0.05) is 17.6 Å². The van der Waals surface area contributed by atoms with E-state index < -0.39 is 10.0 Å². The molecule has 0 fully saturated rings. The maximum absolute atomic E-state index is 10.8. The quantitative estimate of drug-likeness (QED) is 0.790. The molecule has 0 bridgehead atoms. The SMILES string of the molecule is CC(C)CNCc1cnc(CS(N)(=O)=O)s1. The average Bonchev–Trinajstić information content (AvgIpc) is 2.48. The van der Waals surface area contributed by atoms with E-state index in [9.17, 15) is 8.42 Å². The number of hydrogen-bond donors (Lipinski definition) is 2. The van der Waals surface area contributed by atoms with Crippen molar-refractivity contribution in [2.24, 2.45) is 11.1 Å². The average molecular weight is 263 g/mol. The lowest BCUT2D eigenvalue weighted by molar-refractivity contribution is 0.554. The van der Waals surface area contributed by atoms with Crippen LogP contribution in [0.1, 0.15) is 23.7 Å². The molecule has 0 spiro atoms. The Labute approximate surface area is 100 Å². The first-order chi connectivity index (χ1) is 7.37. The number of nitrogens with zero attached hydrogens (tertiary/aromatic N) is 1. The zero-order chi connectivity index (χ0) is 12.2. The standard InChI is InChI=1S/C9H17N3O2S2/c1-7(2)3-11-4-8-5-12-9(15-8)6-16(10,13)14/h5,7,11H,3-4,6H2,1-2H3,(H2,10,13,14). The second kappa shape index (κ2) is 5.72. The predicted octanol–water partition coefficient (Wildman–Crippen LogP) is 0.677. The molecule has 0 aromatic carbocycles. The van der Waals surface area contributed by atoms with Crippen molar-refractivity contribution < 1.29 is 8.42 Å². The summed E-state index contributed by atoms with van der Waals surface area (Å²) in [5, 5.41) is 8.75. The Morgan fingerprint density at radius 1 is 1.56 bits per heavy atom. The minimum atomic E-state index is -3.47. The molecule has 1 rings (SSSR count). The number of sulfonamides is 1. The largest absolute Gasteiger partial charge is 0.312 e. The van der Waals surface area contributed by atoms with Crippen molar-refractivity contribution in [1.82, 2.24) is 10.3 Å². The van der Waals surface area contributed by atoms with Crippen molar-refractivity contribution in [2.45, 2.75) is 26.1 Å². The number of rotatable bonds is 6. The van der Waals surface area contributed by atoms with Crippen molar-refractivity contribution in [3.63, 3.8) is 0 Å². The zero-order valence-electron chi connectivity index (χ0n) is 9.43. The summed E-state index contributed by atoms with van der Waals surface area (Å²) < 4.78 is 21.7. The molecule has 16 heavy (non-hydrogen) atoms. The molecule has 0 aliphatic carbocycles. The molecular weight excluding hydrogens is 246 g/mol. The Bertz CT molecular complexity index is 426. The van der Waals surface area contributed by atoms with Crippen LogP contribution in [-0.4, -0.2) is 19.9 Å². The van der Waals surface area contributed by atoms with Crippen LogP contribution in [-0.2, 0) is 22.3 Å². The highest BCUT2D eigenvalue weighted by Gasteiger charge is 2.09. The first-order valence-corrected chi connectivity index (χ1v) is 7.55. The Hall–Kier alpha value is -0.500. The molecular formula is C9H17N3O2S2. The van der Waals surface area contributed by atoms with E-state index >= 15 is 0 Å². The number of thiazole rings is 1. The predicted molar refractivity (Wildman–Crippen MR) is 65.5 cm³/mol. The molecule has 1 aromatic heterocycles. The minimum Gasteiger partial charge on any atom is -0.312 e. The van der Waals surface area contributed by atoms with Crippen molar-refractivity contribution in [2.75, 3.05) is 6.54 Å². The topological polar surface area (TPSA) is 85.1 Å². The van der Waals surface area contributed by atoms with E-state index in [1.165, 1.54) is 11.3 Å². The van der Waals surface area contributed by atoms with Crippen LogP contribution in [0.3, 0.4) is 0 Å². The van der Waals surface area contributed by atoms with Gasteiger partial charge in [-0.05, 0) is 12.5 Å². The van der Waals surface area contributed by atoms with Gasteiger partial charge in [-0.2, -0.15) is 0 Å². The summed E-state index contributed by atoms with van der Waals surface area (Å²) in [5.41, 5.74) is 0. The van der Waals surface area contributed by atoms with Crippen LogP contribution in [0.4, 0.5) is 0 Å². The van der Waals surface area contributed by atoms with Gasteiger partial charge in [0.25, 0.3) is 0 Å². The number of nitrogens with two attached hydrogens (primary N) is 1. The second-order valence-corrected chi connectivity index (χ2v) is 6.87. The number of primary sulfonamides is 1. The molecule has 5 nitrogen and oxygen atoms in total. The van der Waals surface area contributed by atoms with Crippen LogP contribution in [0.5, 0.6) is 0 Å². The molecule has 0 saturated carbocycles. The number of aromatic nitrogens is 1. The van der Waals surface area contributed by atoms with Crippen molar-refractivity contribution in [3.05, 3.63) is 16.1 Å². The van der Waals surface area contributed by atoms with Gasteiger partial charge in [0.05, 0.1) is 0 Å². The third kappa shape index (κ3) is 5.55. The summed E-state index contributed by atoms with van der Waals surface area (Å²) in [5.74, 6) is 0.416. The first-order valence-electron chi connectivity index (χ1n) is 5.01. The Kier molecular flexibility index (Phi) is 4.85. The van der Waals surface area contributed by atoms with Gasteiger partial charge in [-0.15, -0.1) is 11.3 Å². The van der Waals surface area contributed by atoms with Crippen LogP contribution in [0.2, 0.25) is 0 Å². The van der Waals surface area contributed by atoms with Crippen LogP contribution >= 0.6 is 11.3 Å². The molecule has 7 heteroatoms. The first kappa shape index (κ1) is 13.6. The fourth-order valence-corrected chi connectivity index (χ4v) is 2.99. The lowest BCUT2D eigenvalue weighted by Crippen LogP contribution is -2.18. The van der Waals surface area contributed by atoms with Gasteiger partial charge in [-0.3, -0.25) is 0 Å². The summed E-state index contributed by atoms with van der Waals surface area (Å²) in [6.07, 6.45) is 1.69. The summed E-state index contributed by atoms with van der Waals surface area (Å²) in [4.78, 5) is 5.05. The summed E-state index contributed by atoms with van der Waals surface area (Å²) in [6, 6.07) is 0. The maximum atomic E-state index is 10.8. The van der Waals surface area contributed by atoms with Crippen molar-refractivity contribution in [3.8, 4) is 0 Å². The van der Waals surface area contributed by atoms with Crippen molar-refractivity contribution in [1.29, 1.82) is 0 Å². The smallest absolute Gasteiger partial charge is 0.215 e. The summed E-state index contributed by atoms with van der Waals surface area (Å²) in [7, 11) is -3.47. The van der Waals surface area contributed by atoms with Gasteiger partial charge in [0.1, 0.15) is 10.8 Å².